The van der Waals surface area contributed by atoms with E-state index in [9.17, 15) is 19.2 Å². The van der Waals surface area contributed by atoms with Crippen LogP contribution in [-0.4, -0.2) is 95.8 Å². The molecule has 4 amide bonds. The van der Waals surface area contributed by atoms with Crippen LogP contribution in [0, 0.1) is 5.92 Å². The molecule has 0 saturated heterocycles. The molecule has 0 aliphatic rings. The minimum atomic E-state index is -0.668. The van der Waals surface area contributed by atoms with Crippen LogP contribution in [0.25, 0.3) is 0 Å². The quantitative estimate of drug-likeness (QED) is 0.0942. The molecule has 0 bridgehead atoms. The molecule has 0 saturated carbocycles. The molecule has 0 rings (SSSR count). The molecule has 0 spiro atoms. The van der Waals surface area contributed by atoms with E-state index in [2.05, 4.69) is 17.6 Å². The first-order valence-corrected chi connectivity index (χ1v) is 18.8. The highest BCUT2D eigenvalue weighted by atomic mass is 16.6. The highest BCUT2D eigenvalue weighted by Gasteiger charge is 2.29. The molecule has 0 fully saturated rings. The summed E-state index contributed by atoms with van der Waals surface area (Å²) in [6.45, 7) is 26.8. The molecule has 0 unspecified atom stereocenters. The summed E-state index contributed by atoms with van der Waals surface area (Å²) in [4.78, 5) is 54.6. The number of rotatable bonds is 20. The molecule has 0 aromatic carbocycles. The van der Waals surface area contributed by atoms with Gasteiger partial charge in [0.25, 0.3) is 0 Å². The maximum Gasteiger partial charge on any atom is 0.410 e. The number of carbonyl (C=O) groups is 4. The number of carbonyl (C=O) groups excluding carboxylic acids is 4. The molecular formula is C38H74N4O8. The Morgan fingerprint density at radius 2 is 0.860 bits per heavy atom. The van der Waals surface area contributed by atoms with Crippen LogP contribution in [0.15, 0.2) is 0 Å². The molecule has 12 heteroatoms. The van der Waals surface area contributed by atoms with E-state index < -0.39 is 46.8 Å². The van der Waals surface area contributed by atoms with Crippen molar-refractivity contribution in [3.63, 3.8) is 0 Å². The molecule has 0 aliphatic heterocycles. The molecule has 0 aliphatic carbocycles. The highest BCUT2D eigenvalue weighted by molar-refractivity contribution is 5.69. The van der Waals surface area contributed by atoms with Gasteiger partial charge in [-0.1, -0.05) is 39.0 Å². The van der Waals surface area contributed by atoms with Crippen molar-refractivity contribution < 1.29 is 38.1 Å². The zero-order valence-corrected chi connectivity index (χ0v) is 34.1. The van der Waals surface area contributed by atoms with Crippen LogP contribution in [-0.2, 0) is 18.9 Å². The lowest BCUT2D eigenvalue weighted by atomic mass is 9.98. The number of ether oxygens (including phenoxy) is 4. The summed E-state index contributed by atoms with van der Waals surface area (Å²) in [5.74, 6) is -0.0172. The van der Waals surface area contributed by atoms with Gasteiger partial charge in [-0.05, 0) is 121 Å². The number of alkyl carbamates (subject to hydrolysis) is 2. The summed E-state index contributed by atoms with van der Waals surface area (Å²) in [5.41, 5.74) is -2.49. The summed E-state index contributed by atoms with van der Waals surface area (Å²) < 4.78 is 22.3. The van der Waals surface area contributed by atoms with Gasteiger partial charge < -0.3 is 39.4 Å². The van der Waals surface area contributed by atoms with E-state index in [4.69, 9.17) is 18.9 Å². The Morgan fingerprint density at radius 3 is 1.20 bits per heavy atom. The van der Waals surface area contributed by atoms with Crippen LogP contribution < -0.4 is 10.6 Å². The number of hydrogen-bond donors (Lipinski definition) is 2. The van der Waals surface area contributed by atoms with E-state index in [-0.39, 0.29) is 5.92 Å². The first-order chi connectivity index (χ1) is 22.9. The maximum absolute atomic E-state index is 13.5. The van der Waals surface area contributed by atoms with E-state index in [1.165, 1.54) is 6.42 Å². The number of nitrogens with zero attached hydrogens (tertiary/aromatic N) is 2. The predicted octanol–water partition coefficient (Wildman–Crippen LogP) is 9.05. The second kappa shape index (κ2) is 22.8. The van der Waals surface area contributed by atoms with Crippen molar-refractivity contribution in [1.82, 2.24) is 20.4 Å². The lowest BCUT2D eigenvalue weighted by Gasteiger charge is -2.34. The summed E-state index contributed by atoms with van der Waals surface area (Å²) in [6.07, 6.45) is 7.25. The van der Waals surface area contributed by atoms with Crippen LogP contribution in [0.5, 0.6) is 0 Å². The second-order valence-corrected chi connectivity index (χ2v) is 17.2. The zero-order chi connectivity index (χ0) is 38.6. The Balaban J connectivity index is 5.83. The van der Waals surface area contributed by atoms with Crippen molar-refractivity contribution in [2.45, 2.75) is 177 Å². The van der Waals surface area contributed by atoms with Gasteiger partial charge in [0.15, 0.2) is 0 Å². The smallest absolute Gasteiger partial charge is 0.410 e. The molecule has 0 aromatic heterocycles. The van der Waals surface area contributed by atoms with Crippen molar-refractivity contribution in [2.75, 3.05) is 39.3 Å². The highest BCUT2D eigenvalue weighted by Crippen LogP contribution is 2.20. The second-order valence-electron chi connectivity index (χ2n) is 17.2. The summed E-state index contributed by atoms with van der Waals surface area (Å²) in [5, 5.41) is 5.57. The molecular weight excluding hydrogens is 640 g/mol. The summed E-state index contributed by atoms with van der Waals surface area (Å²) >= 11 is 0. The number of unbranched alkanes of at least 4 members (excludes halogenated alkanes) is 6. The molecule has 294 valence electrons. The first-order valence-electron chi connectivity index (χ1n) is 18.8. The van der Waals surface area contributed by atoms with Gasteiger partial charge in [0.2, 0.25) is 0 Å². The Kier molecular flexibility index (Phi) is 21.5. The van der Waals surface area contributed by atoms with Gasteiger partial charge in [-0.15, -0.1) is 0 Å². The van der Waals surface area contributed by atoms with Gasteiger partial charge in [-0.3, -0.25) is 0 Å². The van der Waals surface area contributed by atoms with Crippen molar-refractivity contribution in [2.24, 2.45) is 5.92 Å². The fourth-order valence-corrected chi connectivity index (χ4v) is 4.93. The molecule has 0 heterocycles. The lowest BCUT2D eigenvalue weighted by molar-refractivity contribution is 0.0133. The van der Waals surface area contributed by atoms with Crippen molar-refractivity contribution in [3.05, 3.63) is 0 Å². The van der Waals surface area contributed by atoms with Crippen molar-refractivity contribution in [1.29, 1.82) is 0 Å². The lowest BCUT2D eigenvalue weighted by Crippen LogP contribution is -2.45. The van der Waals surface area contributed by atoms with Gasteiger partial charge in [-0.2, -0.15) is 0 Å². The minimum absolute atomic E-state index is 0.0172. The van der Waals surface area contributed by atoms with Gasteiger partial charge >= 0.3 is 24.4 Å². The number of amides is 4. The molecule has 0 aromatic rings. The van der Waals surface area contributed by atoms with E-state index in [1.807, 2.05) is 83.1 Å². The number of hydrogen-bond acceptors (Lipinski definition) is 8. The van der Waals surface area contributed by atoms with E-state index in [0.717, 1.165) is 32.1 Å². The molecule has 0 atom stereocenters. The largest absolute Gasteiger partial charge is 0.444 e. The minimum Gasteiger partial charge on any atom is -0.444 e. The van der Waals surface area contributed by atoms with Crippen molar-refractivity contribution >= 4 is 24.4 Å². The fourth-order valence-electron chi connectivity index (χ4n) is 4.93. The predicted molar refractivity (Wildman–Crippen MR) is 199 cm³/mol. The third-order valence-electron chi connectivity index (χ3n) is 7.02. The van der Waals surface area contributed by atoms with Crippen LogP contribution in [0.3, 0.4) is 0 Å². The zero-order valence-electron chi connectivity index (χ0n) is 34.1. The maximum atomic E-state index is 13.5. The standard InChI is InChI=1S/C38H74N4O8/c1-14-15-16-17-18-23-30(28-41(33(45)49-37(8,9)10)26-21-19-24-39-31(43)47-35(2,3)4)29-42(34(46)50-38(11,12)13)27-22-20-25-40-32(44)48-36(5,6)7/h30H,14-29H2,1-13H3,(H,39,43)(H,40,44). The number of nitrogens with one attached hydrogen (secondary N) is 2. The monoisotopic (exact) mass is 715 g/mol. The van der Waals surface area contributed by atoms with Crippen molar-refractivity contribution in [3.8, 4) is 0 Å². The average molecular weight is 715 g/mol. The summed E-state index contributed by atoms with van der Waals surface area (Å²) in [7, 11) is 0. The van der Waals surface area contributed by atoms with Gasteiger partial charge in [0.1, 0.15) is 22.4 Å². The molecule has 12 nitrogen and oxygen atoms in total. The molecule has 0 radical (unpaired) electrons. The Labute approximate surface area is 304 Å². The Morgan fingerprint density at radius 1 is 0.500 bits per heavy atom. The molecule has 50 heavy (non-hydrogen) atoms. The van der Waals surface area contributed by atoms with Gasteiger partial charge in [0, 0.05) is 39.3 Å². The molecule has 2 N–H and O–H groups in total. The Hall–Kier alpha value is -2.92. The SMILES string of the molecule is CCCCCCCC(CN(CCCCNC(=O)OC(C)(C)C)C(=O)OC(C)(C)C)CN(CCCCNC(=O)OC(C)(C)C)C(=O)OC(C)(C)C. The normalized spacial score (nSPS) is 12.3. The first kappa shape index (κ1) is 47.1. The topological polar surface area (TPSA) is 136 Å². The van der Waals surface area contributed by atoms with Gasteiger partial charge in [0.05, 0.1) is 0 Å². The van der Waals surface area contributed by atoms with Crippen LogP contribution in [0.1, 0.15) is 154 Å². The fraction of sp³-hybridized carbons (Fsp3) is 0.895. The average Bonchev–Trinajstić information content (AvgIpc) is 2.91. The third-order valence-corrected chi connectivity index (χ3v) is 7.02. The Bertz CT molecular complexity index is 921. The van der Waals surface area contributed by atoms with E-state index in [1.54, 1.807) is 9.80 Å². The van der Waals surface area contributed by atoms with E-state index in [0.29, 0.717) is 65.0 Å². The van der Waals surface area contributed by atoms with E-state index >= 15 is 0 Å². The van der Waals surface area contributed by atoms with Gasteiger partial charge in [-0.25, -0.2) is 19.2 Å². The summed E-state index contributed by atoms with van der Waals surface area (Å²) in [6, 6.07) is 0. The van der Waals surface area contributed by atoms with Crippen LogP contribution in [0.4, 0.5) is 19.2 Å². The van der Waals surface area contributed by atoms with Crippen LogP contribution in [0.2, 0.25) is 0 Å². The third kappa shape index (κ3) is 27.9. The van der Waals surface area contributed by atoms with Crippen LogP contribution >= 0.6 is 0 Å².